The fourth-order valence-corrected chi connectivity index (χ4v) is 4.02. The van der Waals surface area contributed by atoms with Gasteiger partial charge >= 0.3 is 18.3 Å². The second-order valence-corrected chi connectivity index (χ2v) is 6.97. The Labute approximate surface area is 164 Å². The molecule has 28 heavy (non-hydrogen) atoms. The molecule has 0 aromatic heterocycles. The highest BCUT2D eigenvalue weighted by atomic mass is 16.7. The molecule has 3 aliphatic heterocycles. The summed E-state index contributed by atoms with van der Waals surface area (Å²) in [5.41, 5.74) is 7.73. The lowest BCUT2D eigenvalue weighted by atomic mass is 9.87. The number of hydrogen-bond acceptors (Lipinski definition) is 6. The Balaban J connectivity index is 0.000000300. The first-order valence-corrected chi connectivity index (χ1v) is 9.72. The van der Waals surface area contributed by atoms with Crippen LogP contribution in [0.1, 0.15) is 51.9 Å². The fraction of sp³-hybridized carbons (Fsp3) is 0.778. The third kappa shape index (κ3) is 6.53. The zero-order valence-corrected chi connectivity index (χ0v) is 16.2. The number of carbonyl (C=O) groups excluding carboxylic acids is 1. The van der Waals surface area contributed by atoms with Gasteiger partial charge < -0.3 is 29.8 Å². The maximum atomic E-state index is 11.2. The molecule has 2 bridgehead atoms. The van der Waals surface area contributed by atoms with Crippen LogP contribution in [0.15, 0.2) is 5.16 Å². The minimum Gasteiger partial charge on any atom is -0.479 e. The van der Waals surface area contributed by atoms with E-state index in [4.69, 9.17) is 15.1 Å². The largest absolute Gasteiger partial charge is 0.479 e. The number of piperidine rings is 1. The molecule has 1 N–H and O–H groups in total. The van der Waals surface area contributed by atoms with Crippen molar-refractivity contribution in [2.24, 2.45) is 11.1 Å². The van der Waals surface area contributed by atoms with Gasteiger partial charge in [-0.1, -0.05) is 5.16 Å². The molecule has 156 valence electrons. The van der Waals surface area contributed by atoms with Crippen LogP contribution < -0.4 is 0 Å². The number of ether oxygens (including phenoxy) is 2. The molecule has 0 aliphatic carbocycles. The molecule has 3 aliphatic rings. The van der Waals surface area contributed by atoms with Gasteiger partial charge in [-0.15, -0.1) is 0 Å². The zero-order chi connectivity index (χ0) is 20.4. The van der Waals surface area contributed by atoms with Crippen molar-refractivity contribution >= 4 is 24.2 Å². The standard InChI is InChI=1S/C14H22N2O4.C4H6N2O2/c17-14(18)16-11-3-4-12(16)9-10(8-11)2-1-6-19-13-5-7-20-15-13;1-2-8-4(7)3-6-5/h10-12H,1-9H2,(H,17,18);3H,2H2,1H3. The van der Waals surface area contributed by atoms with Crippen LogP contribution in [0.25, 0.3) is 5.53 Å². The number of rotatable bonds is 6. The second kappa shape index (κ2) is 11.3. The highest BCUT2D eigenvalue weighted by Crippen LogP contribution is 2.40. The molecule has 2 fully saturated rings. The van der Waals surface area contributed by atoms with E-state index in [2.05, 4.69) is 14.7 Å². The van der Waals surface area contributed by atoms with Gasteiger partial charge in [-0.25, -0.2) is 9.59 Å². The summed E-state index contributed by atoms with van der Waals surface area (Å²) in [4.78, 5) is 30.3. The van der Waals surface area contributed by atoms with Crippen molar-refractivity contribution in [1.29, 1.82) is 0 Å². The summed E-state index contributed by atoms with van der Waals surface area (Å²) in [6.07, 6.45) is 6.99. The predicted molar refractivity (Wildman–Crippen MR) is 98.9 cm³/mol. The summed E-state index contributed by atoms with van der Waals surface area (Å²) in [7, 11) is 0. The van der Waals surface area contributed by atoms with Crippen LogP contribution in [-0.4, -0.2) is 70.9 Å². The number of fused-ring (bicyclic) bond motifs is 2. The highest BCUT2D eigenvalue weighted by Gasteiger charge is 2.42. The summed E-state index contributed by atoms with van der Waals surface area (Å²) < 4.78 is 9.88. The van der Waals surface area contributed by atoms with Crippen molar-refractivity contribution < 1.29 is 33.8 Å². The number of hydrogen-bond donors (Lipinski definition) is 1. The van der Waals surface area contributed by atoms with E-state index < -0.39 is 12.1 Å². The van der Waals surface area contributed by atoms with Crippen LogP contribution in [0.3, 0.4) is 0 Å². The number of esters is 1. The van der Waals surface area contributed by atoms with E-state index in [-0.39, 0.29) is 12.1 Å². The van der Waals surface area contributed by atoms with Crippen LogP contribution in [0.4, 0.5) is 4.79 Å². The first kappa shape index (κ1) is 21.7. The van der Waals surface area contributed by atoms with E-state index in [1.54, 1.807) is 11.8 Å². The average Bonchev–Trinajstić information content (AvgIpc) is 3.26. The zero-order valence-electron chi connectivity index (χ0n) is 16.2. The van der Waals surface area contributed by atoms with Crippen LogP contribution >= 0.6 is 0 Å². The van der Waals surface area contributed by atoms with Gasteiger partial charge in [0.05, 0.1) is 19.6 Å². The minimum absolute atomic E-state index is 0.254. The Bertz CT molecular complexity index is 605. The molecule has 0 spiro atoms. The number of nitrogens with zero attached hydrogens (tertiary/aromatic N) is 4. The quantitative estimate of drug-likeness (QED) is 0.241. The van der Waals surface area contributed by atoms with E-state index in [9.17, 15) is 14.7 Å². The van der Waals surface area contributed by atoms with Gasteiger partial charge in [0.25, 0.3) is 0 Å². The topological polar surface area (TPSA) is 134 Å². The van der Waals surface area contributed by atoms with Gasteiger partial charge in [0.1, 0.15) is 6.61 Å². The molecular weight excluding hydrogens is 368 g/mol. The molecule has 0 radical (unpaired) electrons. The molecule has 2 saturated heterocycles. The van der Waals surface area contributed by atoms with Crippen molar-refractivity contribution in [2.75, 3.05) is 19.8 Å². The molecule has 0 aromatic rings. The van der Waals surface area contributed by atoms with Crippen molar-refractivity contribution in [3.63, 3.8) is 0 Å². The summed E-state index contributed by atoms with van der Waals surface area (Å²) >= 11 is 0. The SMILES string of the molecule is CCOC(=O)C=[N+]=[N-].O=C(O)N1C2CCC1CC(CCCOC1=NOCC1)C2. The first-order valence-electron chi connectivity index (χ1n) is 9.72. The monoisotopic (exact) mass is 396 g/mol. The van der Waals surface area contributed by atoms with Gasteiger partial charge in [-0.05, 0) is 51.4 Å². The summed E-state index contributed by atoms with van der Waals surface area (Å²) in [6.45, 7) is 3.29. The molecule has 2 unspecified atom stereocenters. The Hall–Kier alpha value is -2.61. The molecule has 10 nitrogen and oxygen atoms in total. The third-order valence-corrected chi connectivity index (χ3v) is 5.10. The minimum atomic E-state index is -0.737. The Morgan fingerprint density at radius 2 is 2.11 bits per heavy atom. The molecule has 1 amide bonds. The summed E-state index contributed by atoms with van der Waals surface area (Å²) in [5, 5.41) is 13.0. The van der Waals surface area contributed by atoms with Crippen molar-refractivity contribution in [3.05, 3.63) is 5.53 Å². The van der Waals surface area contributed by atoms with Crippen LogP contribution in [0.2, 0.25) is 0 Å². The van der Waals surface area contributed by atoms with Crippen LogP contribution in [0.5, 0.6) is 0 Å². The Kier molecular flexibility index (Phi) is 8.74. The Morgan fingerprint density at radius 1 is 1.39 bits per heavy atom. The van der Waals surface area contributed by atoms with E-state index in [1.165, 1.54) is 0 Å². The van der Waals surface area contributed by atoms with Gasteiger partial charge in [0.15, 0.2) is 0 Å². The normalized spacial score (nSPS) is 24.8. The lowest BCUT2D eigenvalue weighted by Crippen LogP contribution is -2.45. The molecular formula is C18H28N4O6. The van der Waals surface area contributed by atoms with Crippen molar-refractivity contribution in [2.45, 2.75) is 64.0 Å². The average molecular weight is 396 g/mol. The van der Waals surface area contributed by atoms with Gasteiger partial charge in [0, 0.05) is 12.1 Å². The van der Waals surface area contributed by atoms with Gasteiger partial charge in [-0.2, -0.15) is 4.79 Å². The number of amides is 1. The highest BCUT2D eigenvalue weighted by molar-refractivity contribution is 6.20. The number of oxime groups is 1. The molecule has 0 aromatic carbocycles. The van der Waals surface area contributed by atoms with Crippen LogP contribution in [0, 0.1) is 5.92 Å². The lowest BCUT2D eigenvalue weighted by molar-refractivity contribution is -0.138. The predicted octanol–water partition coefficient (Wildman–Crippen LogP) is 2.29. The molecule has 3 heterocycles. The van der Waals surface area contributed by atoms with E-state index >= 15 is 0 Å². The smallest absolute Gasteiger partial charge is 0.413 e. The van der Waals surface area contributed by atoms with Crippen molar-refractivity contribution in [1.82, 2.24) is 4.90 Å². The maximum absolute atomic E-state index is 11.2. The van der Waals surface area contributed by atoms with E-state index in [0.717, 1.165) is 44.9 Å². The molecule has 10 heteroatoms. The summed E-state index contributed by atoms with van der Waals surface area (Å²) in [6, 6.07) is 0.509. The van der Waals surface area contributed by atoms with Crippen molar-refractivity contribution in [3.8, 4) is 0 Å². The number of carbonyl (C=O) groups is 2. The number of carboxylic acid groups (broad SMARTS) is 1. The lowest BCUT2D eigenvalue weighted by Gasteiger charge is -2.37. The van der Waals surface area contributed by atoms with Gasteiger partial charge in [-0.3, -0.25) is 0 Å². The fourth-order valence-electron chi connectivity index (χ4n) is 4.02. The Morgan fingerprint density at radius 3 is 2.64 bits per heavy atom. The summed E-state index contributed by atoms with van der Waals surface area (Å²) in [5.74, 6) is 0.731. The van der Waals surface area contributed by atoms with Crippen LogP contribution in [-0.2, 0) is 19.1 Å². The third-order valence-electron chi connectivity index (χ3n) is 5.10. The first-order chi connectivity index (χ1) is 13.5. The maximum Gasteiger partial charge on any atom is 0.413 e. The molecule has 0 saturated carbocycles. The van der Waals surface area contributed by atoms with E-state index in [0.29, 0.717) is 37.9 Å². The van der Waals surface area contributed by atoms with E-state index in [1.807, 2.05) is 0 Å². The van der Waals surface area contributed by atoms with Gasteiger partial charge in [0.2, 0.25) is 5.90 Å². The molecule has 3 rings (SSSR count). The second-order valence-electron chi connectivity index (χ2n) is 6.97. The molecule has 2 atom stereocenters.